The molecular formula is C25H23ClF2N6O2. The van der Waals surface area contributed by atoms with Crippen LogP contribution in [0.25, 0.3) is 10.9 Å². The first kappa shape index (κ1) is 24.1. The van der Waals surface area contributed by atoms with E-state index in [2.05, 4.69) is 25.7 Å². The SMILES string of the molecule is Cn1cc([C@@H](NC(=O)c2ccc3cnc(N[C@H]4CCOC[C@H]4F)nc3c2)c2ccc(Cl)c(F)c2)cn1. The van der Waals surface area contributed by atoms with E-state index in [0.29, 0.717) is 35.2 Å². The number of nitrogens with zero attached hydrogens (tertiary/aromatic N) is 4. The van der Waals surface area contributed by atoms with Crippen LogP contribution in [0.1, 0.15) is 33.9 Å². The highest BCUT2D eigenvalue weighted by Gasteiger charge is 2.26. The monoisotopic (exact) mass is 512 g/mol. The number of benzene rings is 2. The lowest BCUT2D eigenvalue weighted by molar-refractivity contribution is 0.0284. The number of nitrogens with one attached hydrogen (secondary N) is 2. The maximum atomic E-state index is 14.2. The second-order valence-corrected chi connectivity index (χ2v) is 9.03. The highest BCUT2D eigenvalue weighted by molar-refractivity contribution is 6.30. The molecule has 0 saturated carbocycles. The first-order valence-corrected chi connectivity index (χ1v) is 11.7. The molecule has 0 unspecified atom stereocenters. The molecule has 1 amide bonds. The zero-order valence-electron chi connectivity index (χ0n) is 19.3. The van der Waals surface area contributed by atoms with Crippen LogP contribution in [-0.4, -0.2) is 51.1 Å². The van der Waals surface area contributed by atoms with Crippen LogP contribution in [0, 0.1) is 5.82 Å². The summed E-state index contributed by atoms with van der Waals surface area (Å²) in [7, 11) is 1.75. The van der Waals surface area contributed by atoms with E-state index < -0.39 is 24.1 Å². The van der Waals surface area contributed by atoms with Crippen LogP contribution in [0.2, 0.25) is 5.02 Å². The number of aromatic nitrogens is 4. The second-order valence-electron chi connectivity index (χ2n) is 8.62. The Hall–Kier alpha value is -3.63. The summed E-state index contributed by atoms with van der Waals surface area (Å²) < 4.78 is 35.1. The largest absolute Gasteiger partial charge is 0.378 e. The molecular weight excluding hydrogens is 490 g/mol. The number of hydrogen-bond acceptors (Lipinski definition) is 6. The van der Waals surface area contributed by atoms with Gasteiger partial charge in [0, 0.05) is 42.6 Å². The van der Waals surface area contributed by atoms with Crippen molar-refractivity contribution in [3.63, 3.8) is 0 Å². The Balaban J connectivity index is 1.41. The van der Waals surface area contributed by atoms with Gasteiger partial charge in [0.2, 0.25) is 5.95 Å². The van der Waals surface area contributed by atoms with Gasteiger partial charge in [-0.3, -0.25) is 9.48 Å². The molecule has 8 nitrogen and oxygen atoms in total. The number of carbonyl (C=O) groups excluding carboxylic acids is 1. The number of halogens is 3. The number of amides is 1. The van der Waals surface area contributed by atoms with Gasteiger partial charge in [-0.25, -0.2) is 18.7 Å². The maximum absolute atomic E-state index is 14.2. The lowest BCUT2D eigenvalue weighted by Gasteiger charge is -2.26. The number of hydrogen-bond donors (Lipinski definition) is 2. The van der Waals surface area contributed by atoms with Gasteiger partial charge in [-0.05, 0) is 36.2 Å². The molecule has 1 saturated heterocycles. The minimum Gasteiger partial charge on any atom is -0.378 e. The zero-order valence-corrected chi connectivity index (χ0v) is 20.0. The van der Waals surface area contributed by atoms with Gasteiger partial charge in [-0.15, -0.1) is 0 Å². The van der Waals surface area contributed by atoms with Gasteiger partial charge < -0.3 is 15.4 Å². The van der Waals surface area contributed by atoms with Gasteiger partial charge in [0.1, 0.15) is 12.0 Å². The summed E-state index contributed by atoms with van der Waals surface area (Å²) in [5, 5.41) is 10.9. The Kier molecular flexibility index (Phi) is 6.80. The number of ether oxygens (including phenoxy) is 1. The highest BCUT2D eigenvalue weighted by atomic mass is 35.5. The van der Waals surface area contributed by atoms with Gasteiger partial charge >= 0.3 is 0 Å². The third-order valence-electron chi connectivity index (χ3n) is 6.06. The fourth-order valence-corrected chi connectivity index (χ4v) is 4.24. The molecule has 0 spiro atoms. The molecule has 4 aromatic rings. The molecule has 2 N–H and O–H groups in total. The van der Waals surface area contributed by atoms with Gasteiger partial charge in [-0.2, -0.15) is 5.10 Å². The average Bonchev–Trinajstić information content (AvgIpc) is 3.31. The average molecular weight is 513 g/mol. The van der Waals surface area contributed by atoms with Crippen molar-refractivity contribution in [1.82, 2.24) is 25.1 Å². The molecule has 0 bridgehead atoms. The van der Waals surface area contributed by atoms with Crippen molar-refractivity contribution in [2.24, 2.45) is 7.05 Å². The summed E-state index contributed by atoms with van der Waals surface area (Å²) in [6.45, 7) is 0.497. The van der Waals surface area contributed by atoms with Crippen LogP contribution in [0.15, 0.2) is 55.0 Å². The van der Waals surface area contributed by atoms with Crippen molar-refractivity contribution in [2.45, 2.75) is 24.7 Å². The highest BCUT2D eigenvalue weighted by Crippen LogP contribution is 2.26. The Morgan fingerprint density at radius 3 is 2.83 bits per heavy atom. The van der Waals surface area contributed by atoms with E-state index in [1.165, 1.54) is 12.1 Å². The predicted octanol–water partition coefficient (Wildman–Crippen LogP) is 4.21. The van der Waals surface area contributed by atoms with Crippen LogP contribution in [0.5, 0.6) is 0 Å². The van der Waals surface area contributed by atoms with E-state index in [1.807, 2.05) is 0 Å². The molecule has 1 aliphatic rings. The van der Waals surface area contributed by atoms with Crippen molar-refractivity contribution < 1.29 is 18.3 Å². The molecule has 2 aromatic carbocycles. The number of anilines is 1. The fraction of sp³-hybridized carbons (Fsp3) is 0.280. The summed E-state index contributed by atoms with van der Waals surface area (Å²) in [5.41, 5.74) is 2.08. The molecule has 0 radical (unpaired) electrons. The van der Waals surface area contributed by atoms with Gasteiger partial charge in [0.15, 0.2) is 0 Å². The van der Waals surface area contributed by atoms with Gasteiger partial charge in [-0.1, -0.05) is 23.7 Å². The van der Waals surface area contributed by atoms with Crippen molar-refractivity contribution >= 4 is 34.4 Å². The van der Waals surface area contributed by atoms with Crippen molar-refractivity contribution in [1.29, 1.82) is 0 Å². The number of fused-ring (bicyclic) bond motifs is 1. The van der Waals surface area contributed by atoms with Gasteiger partial charge in [0.05, 0.1) is 35.4 Å². The first-order valence-electron chi connectivity index (χ1n) is 11.4. The third kappa shape index (κ3) is 5.14. The van der Waals surface area contributed by atoms with E-state index in [-0.39, 0.29) is 23.5 Å². The summed E-state index contributed by atoms with van der Waals surface area (Å²) in [4.78, 5) is 22.0. The number of aryl methyl sites for hydroxylation is 1. The van der Waals surface area contributed by atoms with Crippen molar-refractivity contribution in [2.75, 3.05) is 18.5 Å². The number of alkyl halides is 1. The Labute approximate surface area is 210 Å². The number of carbonyl (C=O) groups is 1. The van der Waals surface area contributed by atoms with Gasteiger partial charge in [0.25, 0.3) is 5.91 Å². The van der Waals surface area contributed by atoms with E-state index in [4.69, 9.17) is 16.3 Å². The topological polar surface area (TPSA) is 94.0 Å². The molecule has 0 aliphatic carbocycles. The number of rotatable bonds is 6. The summed E-state index contributed by atoms with van der Waals surface area (Å²) >= 11 is 5.85. The molecule has 186 valence electrons. The fourth-order valence-electron chi connectivity index (χ4n) is 4.12. The van der Waals surface area contributed by atoms with Crippen LogP contribution >= 0.6 is 11.6 Å². The van der Waals surface area contributed by atoms with E-state index >= 15 is 0 Å². The molecule has 1 fully saturated rings. The predicted molar refractivity (Wildman–Crippen MR) is 131 cm³/mol. The lowest BCUT2D eigenvalue weighted by Crippen LogP contribution is -2.39. The van der Waals surface area contributed by atoms with E-state index in [0.717, 1.165) is 5.39 Å². The molecule has 1 aliphatic heterocycles. The minimum atomic E-state index is -1.16. The molecule has 3 atom stereocenters. The molecule has 5 rings (SSSR count). The first-order chi connectivity index (χ1) is 17.4. The normalized spacial score (nSPS) is 18.7. The Bertz CT molecular complexity index is 1410. The van der Waals surface area contributed by atoms with Crippen LogP contribution < -0.4 is 10.6 Å². The van der Waals surface area contributed by atoms with E-state index in [1.54, 1.807) is 54.6 Å². The van der Waals surface area contributed by atoms with Crippen LogP contribution in [0.4, 0.5) is 14.7 Å². The molecule has 2 aromatic heterocycles. The maximum Gasteiger partial charge on any atom is 0.252 e. The van der Waals surface area contributed by atoms with E-state index in [9.17, 15) is 13.6 Å². The second kappa shape index (κ2) is 10.2. The van der Waals surface area contributed by atoms with Crippen molar-refractivity contribution in [3.05, 3.63) is 82.5 Å². The summed E-state index contributed by atoms with van der Waals surface area (Å²) in [5.74, 6) is -0.693. The third-order valence-corrected chi connectivity index (χ3v) is 6.36. The minimum absolute atomic E-state index is 0.00604. The molecule has 11 heteroatoms. The smallest absolute Gasteiger partial charge is 0.252 e. The zero-order chi connectivity index (χ0) is 25.2. The lowest BCUT2D eigenvalue weighted by atomic mass is 10.0. The quantitative estimate of drug-likeness (QED) is 0.402. The molecule has 3 heterocycles. The summed E-state index contributed by atoms with van der Waals surface area (Å²) in [6.07, 6.45) is 4.33. The Morgan fingerprint density at radius 2 is 2.08 bits per heavy atom. The van der Waals surface area contributed by atoms with Crippen LogP contribution in [0.3, 0.4) is 0 Å². The van der Waals surface area contributed by atoms with Crippen molar-refractivity contribution in [3.8, 4) is 0 Å². The summed E-state index contributed by atoms with van der Waals surface area (Å²) in [6, 6.07) is 8.33. The molecule has 36 heavy (non-hydrogen) atoms. The van der Waals surface area contributed by atoms with Crippen LogP contribution in [-0.2, 0) is 11.8 Å². The Morgan fingerprint density at radius 1 is 1.22 bits per heavy atom. The standard InChI is InChI=1S/C25H23ClF2N6O2/c1-34-12-17(11-30-34)23(14-4-5-18(26)19(27)8-14)33-24(35)15-2-3-16-10-29-25(32-22(16)9-15)31-21-6-7-36-13-20(21)28/h2-5,8-12,20-21,23H,6-7,13H2,1H3,(H,33,35)(H,29,31,32)/t20-,21+,23+/m1/s1.